The van der Waals surface area contributed by atoms with Crippen molar-refractivity contribution in [1.82, 2.24) is 5.32 Å². The van der Waals surface area contributed by atoms with Crippen molar-refractivity contribution in [2.45, 2.75) is 45.6 Å². The standard InChI is InChI=1S/C18H28N2O2/c1-3-20(17-7-5-4-6-14(17)2)13-12-19-16-10-8-15(9-11-16)18(21)22/h4-7,15-16,19H,3,8-13H2,1-2H3,(H,21,22). The third kappa shape index (κ3) is 4.47. The van der Waals surface area contributed by atoms with E-state index in [0.717, 1.165) is 45.3 Å². The average Bonchev–Trinajstić information content (AvgIpc) is 2.53. The van der Waals surface area contributed by atoms with Crippen molar-refractivity contribution in [3.05, 3.63) is 29.8 Å². The lowest BCUT2D eigenvalue weighted by Crippen LogP contribution is -2.40. The number of aliphatic carboxylic acids is 1. The van der Waals surface area contributed by atoms with Gasteiger partial charge in [0.15, 0.2) is 0 Å². The summed E-state index contributed by atoms with van der Waals surface area (Å²) in [6.45, 7) is 7.27. The van der Waals surface area contributed by atoms with Crippen LogP contribution in [0.15, 0.2) is 24.3 Å². The molecule has 0 aromatic heterocycles. The predicted molar refractivity (Wildman–Crippen MR) is 90.5 cm³/mol. The third-order valence-electron chi connectivity index (χ3n) is 4.73. The van der Waals surface area contributed by atoms with Gasteiger partial charge >= 0.3 is 5.97 Å². The lowest BCUT2D eigenvalue weighted by molar-refractivity contribution is -0.142. The van der Waals surface area contributed by atoms with Crippen molar-refractivity contribution < 1.29 is 9.90 Å². The zero-order valence-corrected chi connectivity index (χ0v) is 13.7. The third-order valence-corrected chi connectivity index (χ3v) is 4.73. The summed E-state index contributed by atoms with van der Waals surface area (Å²) >= 11 is 0. The fraction of sp³-hybridized carbons (Fsp3) is 0.611. The van der Waals surface area contributed by atoms with E-state index in [1.807, 2.05) is 0 Å². The van der Waals surface area contributed by atoms with Gasteiger partial charge in [-0.1, -0.05) is 18.2 Å². The highest BCUT2D eigenvalue weighted by Crippen LogP contribution is 2.24. The highest BCUT2D eigenvalue weighted by molar-refractivity contribution is 5.70. The zero-order chi connectivity index (χ0) is 15.9. The predicted octanol–water partition coefficient (Wildman–Crippen LogP) is 3.05. The number of carbonyl (C=O) groups is 1. The quantitative estimate of drug-likeness (QED) is 0.813. The number of aryl methyl sites for hydroxylation is 1. The van der Waals surface area contributed by atoms with Crippen LogP contribution in [0.5, 0.6) is 0 Å². The van der Waals surface area contributed by atoms with Crippen LogP contribution in [0.3, 0.4) is 0 Å². The molecule has 122 valence electrons. The van der Waals surface area contributed by atoms with E-state index in [-0.39, 0.29) is 5.92 Å². The number of nitrogens with one attached hydrogen (secondary N) is 1. The minimum Gasteiger partial charge on any atom is -0.481 e. The lowest BCUT2D eigenvalue weighted by Gasteiger charge is -2.29. The van der Waals surface area contributed by atoms with E-state index >= 15 is 0 Å². The van der Waals surface area contributed by atoms with Gasteiger partial charge in [0.05, 0.1) is 5.92 Å². The number of carboxylic acid groups (broad SMARTS) is 1. The maximum atomic E-state index is 11.0. The van der Waals surface area contributed by atoms with Crippen LogP contribution in [-0.2, 0) is 4.79 Å². The van der Waals surface area contributed by atoms with Crippen molar-refractivity contribution >= 4 is 11.7 Å². The van der Waals surface area contributed by atoms with Gasteiger partial charge in [0.1, 0.15) is 0 Å². The number of likely N-dealkylation sites (N-methyl/N-ethyl adjacent to an activating group) is 1. The normalized spacial score (nSPS) is 21.5. The smallest absolute Gasteiger partial charge is 0.306 e. The first kappa shape index (κ1) is 16.8. The first-order valence-electron chi connectivity index (χ1n) is 8.38. The van der Waals surface area contributed by atoms with E-state index in [1.165, 1.54) is 11.3 Å². The second kappa shape index (κ2) is 8.18. The second-order valence-corrected chi connectivity index (χ2v) is 6.21. The summed E-state index contributed by atoms with van der Waals surface area (Å²) in [6, 6.07) is 8.97. The van der Waals surface area contributed by atoms with Gasteiger partial charge in [0.25, 0.3) is 0 Å². The van der Waals surface area contributed by atoms with Crippen molar-refractivity contribution in [3.8, 4) is 0 Å². The molecule has 1 aromatic carbocycles. The molecule has 0 unspecified atom stereocenters. The SMILES string of the molecule is CCN(CCNC1CCC(C(=O)O)CC1)c1ccccc1C. The molecule has 0 atom stereocenters. The second-order valence-electron chi connectivity index (χ2n) is 6.21. The van der Waals surface area contributed by atoms with Gasteiger partial charge in [0, 0.05) is 31.4 Å². The number of nitrogens with zero attached hydrogens (tertiary/aromatic N) is 1. The minimum absolute atomic E-state index is 0.128. The maximum absolute atomic E-state index is 11.0. The first-order chi connectivity index (χ1) is 10.6. The van der Waals surface area contributed by atoms with Gasteiger partial charge in [-0.3, -0.25) is 4.79 Å². The molecule has 0 aliphatic heterocycles. The van der Waals surface area contributed by atoms with Crippen LogP contribution < -0.4 is 10.2 Å². The summed E-state index contributed by atoms with van der Waals surface area (Å²) in [6.07, 6.45) is 3.57. The molecule has 1 fully saturated rings. The molecule has 1 aliphatic carbocycles. The number of carboxylic acids is 1. The van der Waals surface area contributed by atoms with Gasteiger partial charge in [-0.05, 0) is 51.2 Å². The monoisotopic (exact) mass is 304 g/mol. The number of benzene rings is 1. The highest BCUT2D eigenvalue weighted by atomic mass is 16.4. The number of anilines is 1. The van der Waals surface area contributed by atoms with Crippen LogP contribution in [0.2, 0.25) is 0 Å². The molecule has 1 saturated carbocycles. The van der Waals surface area contributed by atoms with E-state index in [4.69, 9.17) is 5.11 Å². The van der Waals surface area contributed by atoms with Crippen LogP contribution in [0, 0.1) is 12.8 Å². The topological polar surface area (TPSA) is 52.6 Å². The number of para-hydroxylation sites is 1. The van der Waals surface area contributed by atoms with Crippen LogP contribution in [0.25, 0.3) is 0 Å². The van der Waals surface area contributed by atoms with Crippen molar-refractivity contribution in [2.75, 3.05) is 24.5 Å². The van der Waals surface area contributed by atoms with Gasteiger partial charge in [-0.2, -0.15) is 0 Å². The summed E-state index contributed by atoms with van der Waals surface area (Å²) < 4.78 is 0. The molecule has 0 saturated heterocycles. The fourth-order valence-electron chi connectivity index (χ4n) is 3.32. The molecule has 0 amide bonds. The summed E-state index contributed by atoms with van der Waals surface area (Å²) in [5.41, 5.74) is 2.62. The fourth-order valence-corrected chi connectivity index (χ4v) is 3.32. The molecule has 4 nitrogen and oxygen atoms in total. The van der Waals surface area contributed by atoms with E-state index in [9.17, 15) is 4.79 Å². The van der Waals surface area contributed by atoms with Crippen LogP contribution in [0.4, 0.5) is 5.69 Å². The Kier molecular flexibility index (Phi) is 6.25. The Labute approximate surface area is 133 Å². The molecule has 2 N–H and O–H groups in total. The van der Waals surface area contributed by atoms with Crippen LogP contribution in [-0.4, -0.2) is 36.8 Å². The van der Waals surface area contributed by atoms with E-state index < -0.39 is 5.97 Å². The van der Waals surface area contributed by atoms with Gasteiger partial charge < -0.3 is 15.3 Å². The zero-order valence-electron chi connectivity index (χ0n) is 13.7. The average molecular weight is 304 g/mol. The molecule has 4 heteroatoms. The lowest BCUT2D eigenvalue weighted by atomic mass is 9.86. The van der Waals surface area contributed by atoms with Crippen molar-refractivity contribution in [3.63, 3.8) is 0 Å². The van der Waals surface area contributed by atoms with E-state index in [2.05, 4.69) is 48.3 Å². The maximum Gasteiger partial charge on any atom is 0.306 e. The highest BCUT2D eigenvalue weighted by Gasteiger charge is 2.25. The molecule has 1 aromatic rings. The molecule has 22 heavy (non-hydrogen) atoms. The van der Waals surface area contributed by atoms with Crippen LogP contribution in [0.1, 0.15) is 38.2 Å². The van der Waals surface area contributed by atoms with Gasteiger partial charge in [-0.15, -0.1) is 0 Å². The molecule has 2 rings (SSSR count). The minimum atomic E-state index is -0.629. The molecular weight excluding hydrogens is 276 g/mol. The number of rotatable bonds is 7. The molecule has 1 aliphatic rings. The number of hydrogen-bond acceptors (Lipinski definition) is 3. The van der Waals surface area contributed by atoms with Crippen molar-refractivity contribution in [1.29, 1.82) is 0 Å². The van der Waals surface area contributed by atoms with Crippen molar-refractivity contribution in [2.24, 2.45) is 5.92 Å². The summed E-state index contributed by atoms with van der Waals surface area (Å²) in [7, 11) is 0. The summed E-state index contributed by atoms with van der Waals surface area (Å²) in [4.78, 5) is 13.4. The van der Waals surface area contributed by atoms with Gasteiger partial charge in [0.2, 0.25) is 0 Å². The molecule has 0 spiro atoms. The largest absolute Gasteiger partial charge is 0.481 e. The first-order valence-corrected chi connectivity index (χ1v) is 8.38. The Morgan fingerprint density at radius 2 is 1.95 bits per heavy atom. The molecular formula is C18H28N2O2. The van der Waals surface area contributed by atoms with E-state index in [1.54, 1.807) is 0 Å². The summed E-state index contributed by atoms with van der Waals surface area (Å²) in [5.74, 6) is -0.757. The van der Waals surface area contributed by atoms with Gasteiger partial charge in [-0.25, -0.2) is 0 Å². The number of hydrogen-bond donors (Lipinski definition) is 2. The Balaban J connectivity index is 1.76. The Morgan fingerprint density at radius 3 is 2.55 bits per heavy atom. The molecule has 0 radical (unpaired) electrons. The Bertz CT molecular complexity index is 482. The Morgan fingerprint density at radius 1 is 1.27 bits per heavy atom. The van der Waals surface area contributed by atoms with Crippen LogP contribution >= 0.6 is 0 Å². The summed E-state index contributed by atoms with van der Waals surface area (Å²) in [5, 5.41) is 12.6. The van der Waals surface area contributed by atoms with E-state index in [0.29, 0.717) is 6.04 Å². The Hall–Kier alpha value is -1.55. The molecule has 0 bridgehead atoms. The molecule has 0 heterocycles.